The molecule has 32 heavy (non-hydrogen) atoms. The molecule has 3 rings (SSSR count). The minimum atomic E-state index is -1.61. The van der Waals surface area contributed by atoms with Gasteiger partial charge in [-0.05, 0) is 85.9 Å². The summed E-state index contributed by atoms with van der Waals surface area (Å²) < 4.78 is 7.06. The average molecular weight is 462 g/mol. The minimum Gasteiger partial charge on any atom is -0.414 e. The maximum absolute atomic E-state index is 12.9. The average Bonchev–Trinajstić information content (AvgIpc) is 3.51. The Hall–Kier alpha value is -0.943. The number of carbonyl (C=O) groups is 2. The van der Waals surface area contributed by atoms with Crippen LogP contribution in [0, 0.1) is 28.6 Å². The second kappa shape index (κ2) is 9.73. The van der Waals surface area contributed by atoms with E-state index in [1.165, 1.54) is 50.2 Å². The lowest BCUT2D eigenvalue weighted by atomic mass is 9.62. The lowest BCUT2D eigenvalue weighted by Crippen LogP contribution is -2.48. The molecule has 0 heterocycles. The third-order valence-corrected chi connectivity index (χ3v) is 14.4. The number of hydrogen-bond donors (Lipinski definition) is 0. The minimum absolute atomic E-state index is 0.0113. The monoisotopic (exact) mass is 461 g/mol. The summed E-state index contributed by atoms with van der Waals surface area (Å²) in [5, 5.41) is 0. The Balaban J connectivity index is 1.70. The number of carbonyl (C=O) groups excluding carboxylic acids is 2. The van der Waals surface area contributed by atoms with Crippen LogP contribution in [0.2, 0.25) is 18.1 Å². The molecule has 0 spiro atoms. The summed E-state index contributed by atoms with van der Waals surface area (Å²) in [4.78, 5) is 27.0. The first-order chi connectivity index (χ1) is 15.1. The molecule has 4 nitrogen and oxygen atoms in total. The molecular formula is C27H47NO3Si. The van der Waals surface area contributed by atoms with Crippen molar-refractivity contribution < 1.29 is 14.0 Å². The van der Waals surface area contributed by atoms with E-state index in [0.717, 1.165) is 0 Å². The van der Waals surface area contributed by atoms with Crippen molar-refractivity contribution >= 4 is 20.0 Å². The van der Waals surface area contributed by atoms with Crippen molar-refractivity contribution in [1.82, 2.24) is 4.90 Å². The number of nitrogens with zero attached hydrogens (tertiary/aromatic N) is 1. The molecule has 1 amide bonds. The van der Waals surface area contributed by atoms with Gasteiger partial charge in [0.15, 0.2) is 14.1 Å². The van der Waals surface area contributed by atoms with Crippen molar-refractivity contribution in [3.05, 3.63) is 12.2 Å². The highest BCUT2D eigenvalue weighted by atomic mass is 28.4. The Morgan fingerprint density at radius 1 is 1.06 bits per heavy atom. The quantitative estimate of drug-likeness (QED) is 0.220. The van der Waals surface area contributed by atoms with Gasteiger partial charge in [0, 0.05) is 20.2 Å². The van der Waals surface area contributed by atoms with Crippen LogP contribution in [0.15, 0.2) is 12.2 Å². The first-order valence-corrected chi connectivity index (χ1v) is 15.7. The fraction of sp³-hybridized carbons (Fsp3) is 0.852. The van der Waals surface area contributed by atoms with Gasteiger partial charge < -0.3 is 9.33 Å². The van der Waals surface area contributed by atoms with E-state index in [9.17, 15) is 9.59 Å². The molecule has 3 fully saturated rings. The van der Waals surface area contributed by atoms with Crippen molar-refractivity contribution in [2.24, 2.45) is 28.6 Å². The summed E-state index contributed by atoms with van der Waals surface area (Å²) >= 11 is 0. The summed E-state index contributed by atoms with van der Waals surface area (Å²) in [5.41, 5.74) is -0.470. The lowest BCUT2D eigenvalue weighted by molar-refractivity contribution is -0.139. The van der Waals surface area contributed by atoms with Crippen LogP contribution < -0.4 is 0 Å². The number of rotatable bonds is 10. The van der Waals surface area contributed by atoms with E-state index in [2.05, 4.69) is 40.7 Å². The number of ketones is 1. The maximum Gasteiger partial charge on any atom is 0.236 e. The van der Waals surface area contributed by atoms with Crippen LogP contribution in [-0.2, 0) is 14.0 Å². The standard InChI is InChI=1S/C27H47NO3Si/c1-8-32(9-2,10-3)31-23-12-11-17-26(5)21(14-15-22(23)26)20(4)13-16-24(29)27(18-19-27)25(30)28(6)7/h13,16,20-23H,8-12,14-15,17-19H2,1-7H3/b16-13+/t20-,21?,22?,23+,26-/m1/s1. The molecule has 182 valence electrons. The van der Waals surface area contributed by atoms with Gasteiger partial charge in [-0.1, -0.05) is 47.1 Å². The second-order valence-corrected chi connectivity index (χ2v) is 16.2. The summed E-state index contributed by atoms with van der Waals surface area (Å²) in [6, 6.07) is 3.66. The van der Waals surface area contributed by atoms with Crippen molar-refractivity contribution in [2.45, 2.75) is 104 Å². The third-order valence-electron chi connectivity index (χ3n) is 9.69. The van der Waals surface area contributed by atoms with Crippen molar-refractivity contribution in [2.75, 3.05) is 14.1 Å². The zero-order valence-corrected chi connectivity index (χ0v) is 22.7. The highest BCUT2D eigenvalue weighted by Gasteiger charge is 2.56. The van der Waals surface area contributed by atoms with Gasteiger partial charge in [0.05, 0.1) is 0 Å². The Labute approximate surface area is 197 Å². The van der Waals surface area contributed by atoms with Crippen molar-refractivity contribution in [3.8, 4) is 0 Å². The van der Waals surface area contributed by atoms with Crippen LogP contribution in [0.3, 0.4) is 0 Å². The second-order valence-electron chi connectivity index (χ2n) is 11.5. The van der Waals surface area contributed by atoms with Gasteiger partial charge >= 0.3 is 0 Å². The predicted octanol–water partition coefficient (Wildman–Crippen LogP) is 6.22. The Morgan fingerprint density at radius 2 is 1.69 bits per heavy atom. The molecule has 0 aliphatic heterocycles. The van der Waals surface area contributed by atoms with E-state index < -0.39 is 13.7 Å². The molecule has 5 heteroatoms. The molecule has 5 atom stereocenters. The number of fused-ring (bicyclic) bond motifs is 1. The normalized spacial score (nSPS) is 32.5. The van der Waals surface area contributed by atoms with E-state index in [4.69, 9.17) is 4.43 Å². The summed E-state index contributed by atoms with van der Waals surface area (Å²) in [7, 11) is 1.89. The molecule has 3 aliphatic carbocycles. The van der Waals surface area contributed by atoms with Crippen LogP contribution in [0.5, 0.6) is 0 Å². The molecule has 3 saturated carbocycles. The summed E-state index contributed by atoms with van der Waals surface area (Å²) in [5.74, 6) is 1.56. The zero-order chi connectivity index (χ0) is 23.7. The molecule has 0 bridgehead atoms. The van der Waals surface area contributed by atoms with Crippen LogP contribution in [-0.4, -0.2) is 45.1 Å². The lowest BCUT2D eigenvalue weighted by Gasteiger charge is -2.48. The van der Waals surface area contributed by atoms with Gasteiger partial charge in [0.2, 0.25) is 5.91 Å². The summed E-state index contributed by atoms with van der Waals surface area (Å²) in [6.45, 7) is 11.8. The molecule has 0 aromatic rings. The Morgan fingerprint density at radius 3 is 2.22 bits per heavy atom. The number of allylic oxidation sites excluding steroid dienone is 2. The fourth-order valence-electron chi connectivity index (χ4n) is 7.14. The molecule has 0 aromatic heterocycles. The van der Waals surface area contributed by atoms with E-state index >= 15 is 0 Å². The Bertz CT molecular complexity index is 716. The van der Waals surface area contributed by atoms with Crippen molar-refractivity contribution in [3.63, 3.8) is 0 Å². The van der Waals surface area contributed by atoms with Gasteiger partial charge in [0.25, 0.3) is 0 Å². The number of amides is 1. The van der Waals surface area contributed by atoms with Gasteiger partial charge in [-0.25, -0.2) is 0 Å². The molecule has 0 radical (unpaired) electrons. The highest BCUT2D eigenvalue weighted by Crippen LogP contribution is 2.59. The Kier molecular flexibility index (Phi) is 7.81. The smallest absolute Gasteiger partial charge is 0.236 e. The van der Waals surface area contributed by atoms with Crippen LogP contribution >= 0.6 is 0 Å². The largest absolute Gasteiger partial charge is 0.414 e. The molecular weight excluding hydrogens is 414 g/mol. The van der Waals surface area contributed by atoms with Gasteiger partial charge in [-0.2, -0.15) is 0 Å². The zero-order valence-electron chi connectivity index (χ0n) is 21.7. The molecule has 0 saturated heterocycles. The summed E-state index contributed by atoms with van der Waals surface area (Å²) in [6.07, 6.45) is 11.9. The topological polar surface area (TPSA) is 46.6 Å². The molecule has 2 unspecified atom stereocenters. The van der Waals surface area contributed by atoms with E-state index in [1.54, 1.807) is 25.1 Å². The highest BCUT2D eigenvalue weighted by molar-refractivity contribution is 6.73. The predicted molar refractivity (Wildman–Crippen MR) is 134 cm³/mol. The molecule has 0 aromatic carbocycles. The van der Waals surface area contributed by atoms with Gasteiger partial charge in [-0.15, -0.1) is 0 Å². The third kappa shape index (κ3) is 4.53. The molecule has 0 N–H and O–H groups in total. The van der Waals surface area contributed by atoms with Gasteiger partial charge in [0.1, 0.15) is 5.41 Å². The SMILES string of the molecule is CC[Si](CC)(CC)O[C@H]1CCC[C@]2(C)C([C@H](C)/C=C/C(=O)C3(C(=O)N(C)C)CC3)CCC12. The first kappa shape index (κ1) is 25.7. The van der Waals surface area contributed by atoms with Crippen LogP contribution in [0.1, 0.15) is 79.6 Å². The van der Waals surface area contributed by atoms with E-state index in [1.807, 2.05) is 0 Å². The fourth-order valence-corrected chi connectivity index (χ4v) is 10.1. The molecule has 3 aliphatic rings. The van der Waals surface area contributed by atoms with Crippen LogP contribution in [0.4, 0.5) is 0 Å². The number of hydrogen-bond acceptors (Lipinski definition) is 3. The maximum atomic E-state index is 12.9. The van der Waals surface area contributed by atoms with E-state index in [-0.39, 0.29) is 11.7 Å². The van der Waals surface area contributed by atoms with Gasteiger partial charge in [-0.3, -0.25) is 9.59 Å². The first-order valence-electron chi connectivity index (χ1n) is 13.2. The van der Waals surface area contributed by atoms with E-state index in [0.29, 0.717) is 42.1 Å². The van der Waals surface area contributed by atoms with Crippen molar-refractivity contribution in [1.29, 1.82) is 0 Å². The van der Waals surface area contributed by atoms with Crippen LogP contribution in [0.25, 0.3) is 0 Å².